The zero-order chi connectivity index (χ0) is 29.2. The van der Waals surface area contributed by atoms with E-state index >= 15 is 0 Å². The summed E-state index contributed by atoms with van der Waals surface area (Å²) in [7, 11) is 0. The molecule has 1 N–H and O–H groups in total. The van der Waals surface area contributed by atoms with E-state index < -0.39 is 18.0 Å². The number of rotatable bonds is 9. The van der Waals surface area contributed by atoms with Crippen molar-refractivity contribution >= 4 is 0 Å². The Morgan fingerprint density at radius 3 is 2.29 bits per heavy atom. The Labute approximate surface area is 249 Å². The van der Waals surface area contributed by atoms with Crippen LogP contribution in [0, 0.1) is 0 Å². The zero-order valence-corrected chi connectivity index (χ0v) is 24.6. The van der Waals surface area contributed by atoms with Crippen molar-refractivity contribution in [3.63, 3.8) is 0 Å². The first-order valence-corrected chi connectivity index (χ1v) is 15.0. The summed E-state index contributed by atoms with van der Waals surface area (Å²) >= 11 is 0. The maximum atomic E-state index is 11.0. The zero-order valence-electron chi connectivity index (χ0n) is 24.6. The van der Waals surface area contributed by atoms with E-state index in [-0.39, 0.29) is 30.5 Å². The van der Waals surface area contributed by atoms with E-state index in [1.807, 2.05) is 68.5 Å². The highest BCUT2D eigenvalue weighted by Crippen LogP contribution is 2.27. The highest BCUT2D eigenvalue weighted by Gasteiger charge is 2.35. The van der Waals surface area contributed by atoms with Gasteiger partial charge in [0.15, 0.2) is 5.79 Å². The van der Waals surface area contributed by atoms with Crippen LogP contribution in [-0.2, 0) is 41.6 Å². The minimum absolute atomic E-state index is 0.187. The SMILES string of the molecule is CC1(C)OC[C@H](/C=C/[C@H]2O[C@H]3/C=C\C[C@@H](OCc4ccccc4)[C@H](COCc4ccccc4)O[C@@H]3C/C=C\C[C@@H]2O)O1. The quantitative estimate of drug-likeness (QED) is 0.385. The summed E-state index contributed by atoms with van der Waals surface area (Å²) in [4.78, 5) is 0. The monoisotopic (exact) mass is 576 g/mol. The van der Waals surface area contributed by atoms with E-state index in [0.717, 1.165) is 11.1 Å². The van der Waals surface area contributed by atoms with E-state index in [4.69, 9.17) is 28.4 Å². The fourth-order valence-corrected chi connectivity index (χ4v) is 5.39. The molecule has 0 aromatic heterocycles. The van der Waals surface area contributed by atoms with Crippen molar-refractivity contribution in [1.29, 1.82) is 0 Å². The van der Waals surface area contributed by atoms with E-state index in [0.29, 0.717) is 45.7 Å². The average molecular weight is 577 g/mol. The molecule has 226 valence electrons. The summed E-state index contributed by atoms with van der Waals surface area (Å²) in [5.41, 5.74) is 2.22. The van der Waals surface area contributed by atoms with Gasteiger partial charge in [-0.15, -0.1) is 0 Å². The Kier molecular flexibility index (Phi) is 11.2. The van der Waals surface area contributed by atoms with Crippen molar-refractivity contribution in [1.82, 2.24) is 0 Å². The molecular weight excluding hydrogens is 532 g/mol. The van der Waals surface area contributed by atoms with Gasteiger partial charge in [0.25, 0.3) is 0 Å². The summed E-state index contributed by atoms with van der Waals surface area (Å²) in [6.07, 6.45) is 11.3. The third-order valence-corrected chi connectivity index (χ3v) is 7.68. The van der Waals surface area contributed by atoms with Crippen LogP contribution < -0.4 is 0 Å². The van der Waals surface area contributed by atoms with Crippen LogP contribution >= 0.6 is 0 Å². The highest BCUT2D eigenvalue weighted by molar-refractivity contribution is 5.14. The van der Waals surface area contributed by atoms with Gasteiger partial charge in [0.2, 0.25) is 0 Å². The number of benzene rings is 2. The number of hydrogen-bond donors (Lipinski definition) is 1. The molecule has 7 nitrogen and oxygen atoms in total. The molecular formula is C35H44O7. The predicted octanol–water partition coefficient (Wildman–Crippen LogP) is 5.67. The van der Waals surface area contributed by atoms with E-state index in [9.17, 15) is 5.11 Å². The molecule has 7 heteroatoms. The molecule has 42 heavy (non-hydrogen) atoms. The van der Waals surface area contributed by atoms with Gasteiger partial charge in [0.1, 0.15) is 24.4 Å². The van der Waals surface area contributed by atoms with Crippen molar-refractivity contribution in [3.8, 4) is 0 Å². The van der Waals surface area contributed by atoms with Gasteiger partial charge < -0.3 is 33.5 Å². The Bertz CT molecular complexity index is 1160. The molecule has 5 rings (SSSR count). The van der Waals surface area contributed by atoms with Crippen LogP contribution in [0.25, 0.3) is 0 Å². The first-order valence-electron chi connectivity index (χ1n) is 15.0. The first kappa shape index (κ1) is 30.8. The number of fused-ring (bicyclic) bond motifs is 1. The fourth-order valence-electron chi connectivity index (χ4n) is 5.39. The third-order valence-electron chi connectivity index (χ3n) is 7.68. The largest absolute Gasteiger partial charge is 0.390 e. The lowest BCUT2D eigenvalue weighted by molar-refractivity contribution is -0.168. The molecule has 0 bridgehead atoms. The van der Waals surface area contributed by atoms with Gasteiger partial charge >= 0.3 is 0 Å². The molecule has 7 atom stereocenters. The van der Waals surface area contributed by atoms with Gasteiger partial charge in [-0.25, -0.2) is 0 Å². The van der Waals surface area contributed by atoms with Crippen molar-refractivity contribution in [2.45, 2.75) is 94.8 Å². The van der Waals surface area contributed by atoms with Crippen molar-refractivity contribution in [2.75, 3.05) is 13.2 Å². The molecule has 3 heterocycles. The Balaban J connectivity index is 1.31. The topological polar surface area (TPSA) is 75.6 Å². The van der Waals surface area contributed by atoms with E-state index in [1.165, 1.54) is 0 Å². The minimum Gasteiger partial charge on any atom is -0.390 e. The smallest absolute Gasteiger partial charge is 0.163 e. The van der Waals surface area contributed by atoms with Gasteiger partial charge in [-0.05, 0) is 44.2 Å². The molecule has 1 saturated heterocycles. The van der Waals surface area contributed by atoms with Gasteiger partial charge in [0, 0.05) is 0 Å². The van der Waals surface area contributed by atoms with E-state index in [2.05, 4.69) is 42.5 Å². The molecule has 2 aromatic carbocycles. The molecule has 3 aliphatic rings. The normalized spacial score (nSPS) is 33.1. The summed E-state index contributed by atoms with van der Waals surface area (Å²) in [5, 5.41) is 11.0. The summed E-state index contributed by atoms with van der Waals surface area (Å²) in [6, 6.07) is 20.3. The third kappa shape index (κ3) is 9.19. The van der Waals surface area contributed by atoms with Crippen molar-refractivity contribution in [2.24, 2.45) is 0 Å². The molecule has 0 spiro atoms. The van der Waals surface area contributed by atoms with Gasteiger partial charge in [-0.1, -0.05) is 97.1 Å². The number of aliphatic hydroxyl groups is 1. The molecule has 2 aromatic rings. The van der Waals surface area contributed by atoms with Crippen LogP contribution in [0.3, 0.4) is 0 Å². The lowest BCUT2D eigenvalue weighted by Crippen LogP contribution is -2.45. The maximum absolute atomic E-state index is 11.0. The number of hydrogen-bond acceptors (Lipinski definition) is 7. The van der Waals surface area contributed by atoms with Gasteiger partial charge in [-0.2, -0.15) is 0 Å². The van der Waals surface area contributed by atoms with Gasteiger partial charge in [0.05, 0.1) is 44.7 Å². The highest BCUT2D eigenvalue weighted by atomic mass is 16.7. The molecule has 0 amide bonds. The van der Waals surface area contributed by atoms with Crippen molar-refractivity contribution in [3.05, 3.63) is 108 Å². The summed E-state index contributed by atoms with van der Waals surface area (Å²) in [6.45, 7) is 5.64. The van der Waals surface area contributed by atoms with Crippen LogP contribution in [0.2, 0.25) is 0 Å². The van der Waals surface area contributed by atoms with Crippen molar-refractivity contribution < 1.29 is 33.5 Å². The van der Waals surface area contributed by atoms with Crippen LogP contribution in [0.1, 0.15) is 44.2 Å². The second-order valence-electron chi connectivity index (χ2n) is 11.5. The van der Waals surface area contributed by atoms with Gasteiger partial charge in [-0.3, -0.25) is 0 Å². The average Bonchev–Trinajstić information content (AvgIpc) is 3.37. The van der Waals surface area contributed by atoms with Crippen LogP contribution in [-0.4, -0.2) is 66.8 Å². The number of aliphatic hydroxyl groups excluding tert-OH is 1. The molecule has 0 radical (unpaired) electrons. The number of ether oxygens (including phenoxy) is 6. The van der Waals surface area contributed by atoms with Crippen LogP contribution in [0.15, 0.2) is 97.1 Å². The molecule has 0 saturated carbocycles. The Hall–Kier alpha value is -2.62. The molecule has 1 fully saturated rings. The Morgan fingerprint density at radius 1 is 0.857 bits per heavy atom. The lowest BCUT2D eigenvalue weighted by atomic mass is 10.0. The van der Waals surface area contributed by atoms with Crippen LogP contribution in [0.5, 0.6) is 0 Å². The standard InChI is InChI=1S/C35H44O7/c1-35(2)39-24-28(42-35)20-21-30-29(36)16-9-10-17-32-33(40-30)19-11-18-31(38-23-27-14-7-4-8-15-27)34(41-32)25-37-22-26-12-5-3-6-13-26/h3-15,19-21,28-34,36H,16-18,22-25H2,1-2H3/b10-9-,19-11-,21-20+/t28-,29-,30+,31+,32+,33-,34-/m0/s1. The lowest BCUT2D eigenvalue weighted by Gasteiger charge is -2.36. The summed E-state index contributed by atoms with van der Waals surface area (Å²) in [5.74, 6) is -0.618. The molecule has 3 aliphatic heterocycles. The first-order chi connectivity index (χ1) is 20.4. The van der Waals surface area contributed by atoms with Crippen LogP contribution in [0.4, 0.5) is 0 Å². The second kappa shape index (κ2) is 15.2. The maximum Gasteiger partial charge on any atom is 0.163 e. The molecule has 0 unspecified atom stereocenters. The van der Waals surface area contributed by atoms with E-state index in [1.54, 1.807) is 0 Å². The minimum atomic E-state index is -0.697. The predicted molar refractivity (Wildman–Crippen MR) is 161 cm³/mol. The summed E-state index contributed by atoms with van der Waals surface area (Å²) < 4.78 is 37.6. The Morgan fingerprint density at radius 2 is 1.57 bits per heavy atom. The molecule has 0 aliphatic carbocycles. The second-order valence-corrected chi connectivity index (χ2v) is 11.5. The fraction of sp³-hybridized carbons (Fsp3) is 0.486.